The Labute approximate surface area is 107 Å². The highest BCUT2D eigenvalue weighted by atomic mass is 32.2. The Kier molecular flexibility index (Phi) is 5.55. The molecule has 18 heavy (non-hydrogen) atoms. The lowest BCUT2D eigenvalue weighted by atomic mass is 10.3. The summed E-state index contributed by atoms with van der Waals surface area (Å²) in [6.45, 7) is 2.65. The Balaban J connectivity index is 2.24. The molecule has 1 aromatic heterocycles. The number of sulfonamides is 1. The van der Waals surface area contributed by atoms with Crippen molar-refractivity contribution < 1.29 is 8.42 Å². The van der Waals surface area contributed by atoms with Crippen LogP contribution in [0, 0.1) is 11.3 Å². The van der Waals surface area contributed by atoms with Gasteiger partial charge in [-0.2, -0.15) is 5.26 Å². The molecule has 0 saturated heterocycles. The van der Waals surface area contributed by atoms with Crippen LogP contribution in [0.4, 0.5) is 5.69 Å². The van der Waals surface area contributed by atoms with Crippen molar-refractivity contribution in [3.63, 3.8) is 0 Å². The molecule has 0 radical (unpaired) electrons. The number of pyridine rings is 1. The van der Waals surface area contributed by atoms with E-state index in [4.69, 9.17) is 5.26 Å². The van der Waals surface area contributed by atoms with Gasteiger partial charge in [0.2, 0.25) is 10.0 Å². The summed E-state index contributed by atoms with van der Waals surface area (Å²) in [6.07, 6.45) is 2.26. The van der Waals surface area contributed by atoms with E-state index in [2.05, 4.69) is 15.0 Å². The first kappa shape index (κ1) is 14.4. The fraction of sp³-hybridized carbons (Fsp3) is 0.455. The lowest BCUT2D eigenvalue weighted by Gasteiger charge is -2.06. The van der Waals surface area contributed by atoms with E-state index < -0.39 is 10.0 Å². The Morgan fingerprint density at radius 1 is 1.39 bits per heavy atom. The zero-order valence-corrected chi connectivity index (χ0v) is 11.0. The molecular weight excluding hydrogens is 252 g/mol. The third-order valence-electron chi connectivity index (χ3n) is 2.26. The molecule has 0 saturated carbocycles. The van der Waals surface area contributed by atoms with Crippen LogP contribution in [0.15, 0.2) is 18.3 Å². The molecule has 0 aliphatic carbocycles. The molecule has 0 amide bonds. The molecule has 0 aliphatic heterocycles. The van der Waals surface area contributed by atoms with Gasteiger partial charge >= 0.3 is 0 Å². The van der Waals surface area contributed by atoms with E-state index >= 15 is 0 Å². The largest absolute Gasteiger partial charge is 0.384 e. The minimum atomic E-state index is -3.10. The van der Waals surface area contributed by atoms with Gasteiger partial charge in [0.25, 0.3) is 0 Å². The zero-order chi connectivity index (χ0) is 13.4. The summed E-state index contributed by atoms with van der Waals surface area (Å²) in [4.78, 5) is 3.91. The Hall–Kier alpha value is -1.65. The van der Waals surface area contributed by atoms with Gasteiger partial charge in [-0.3, -0.25) is 0 Å². The maximum absolute atomic E-state index is 11.1. The minimum absolute atomic E-state index is 0.0972. The molecule has 0 atom stereocenters. The van der Waals surface area contributed by atoms with Crippen LogP contribution in [0.3, 0.4) is 0 Å². The van der Waals surface area contributed by atoms with Gasteiger partial charge in [0.1, 0.15) is 11.8 Å². The summed E-state index contributed by atoms with van der Waals surface area (Å²) in [5.74, 6) is 0.0972. The van der Waals surface area contributed by atoms with Crippen LogP contribution in [-0.2, 0) is 10.0 Å². The fourth-order valence-corrected chi connectivity index (χ4v) is 1.87. The van der Waals surface area contributed by atoms with Crippen molar-refractivity contribution >= 4 is 15.7 Å². The van der Waals surface area contributed by atoms with Crippen molar-refractivity contribution in [3.05, 3.63) is 24.0 Å². The zero-order valence-electron chi connectivity index (χ0n) is 10.2. The normalized spacial score (nSPS) is 10.9. The first-order chi connectivity index (χ1) is 8.57. The molecule has 7 heteroatoms. The summed E-state index contributed by atoms with van der Waals surface area (Å²) in [5, 5.41) is 11.7. The third-order valence-corrected chi connectivity index (χ3v) is 3.67. The van der Waals surface area contributed by atoms with E-state index in [1.54, 1.807) is 25.3 Å². The molecule has 1 aromatic rings. The van der Waals surface area contributed by atoms with Crippen molar-refractivity contribution in [3.8, 4) is 6.07 Å². The second-order valence-corrected chi connectivity index (χ2v) is 5.72. The van der Waals surface area contributed by atoms with Crippen molar-refractivity contribution in [2.45, 2.75) is 13.3 Å². The third kappa shape index (κ3) is 5.12. The van der Waals surface area contributed by atoms with E-state index in [0.29, 0.717) is 25.2 Å². The summed E-state index contributed by atoms with van der Waals surface area (Å²) in [6, 6.07) is 5.33. The van der Waals surface area contributed by atoms with Crippen LogP contribution < -0.4 is 10.0 Å². The molecule has 0 bridgehead atoms. The summed E-state index contributed by atoms with van der Waals surface area (Å²) < 4.78 is 24.7. The quantitative estimate of drug-likeness (QED) is 0.710. The minimum Gasteiger partial charge on any atom is -0.384 e. The summed E-state index contributed by atoms with van der Waals surface area (Å²) in [5.41, 5.74) is 1.18. The average Bonchev–Trinajstić information content (AvgIpc) is 2.39. The molecule has 0 fully saturated rings. The van der Waals surface area contributed by atoms with Crippen LogP contribution in [0.5, 0.6) is 0 Å². The molecule has 2 N–H and O–H groups in total. The van der Waals surface area contributed by atoms with E-state index in [0.717, 1.165) is 5.69 Å². The predicted octanol–water partition coefficient (Wildman–Crippen LogP) is 0.695. The van der Waals surface area contributed by atoms with Crippen LogP contribution in [0.2, 0.25) is 0 Å². The molecule has 6 nitrogen and oxygen atoms in total. The topological polar surface area (TPSA) is 94.9 Å². The van der Waals surface area contributed by atoms with Gasteiger partial charge < -0.3 is 5.32 Å². The van der Waals surface area contributed by atoms with E-state index in [-0.39, 0.29) is 5.75 Å². The highest BCUT2D eigenvalue weighted by molar-refractivity contribution is 7.89. The van der Waals surface area contributed by atoms with E-state index in [1.807, 2.05) is 6.07 Å². The van der Waals surface area contributed by atoms with Crippen LogP contribution in [0.1, 0.15) is 19.0 Å². The SMILES string of the molecule is CCS(=O)(=O)NCCCNc1ccc(C#N)nc1. The molecule has 1 heterocycles. The number of hydrogen-bond acceptors (Lipinski definition) is 5. The smallest absolute Gasteiger partial charge is 0.211 e. The maximum atomic E-state index is 11.1. The fourth-order valence-electron chi connectivity index (χ4n) is 1.22. The van der Waals surface area contributed by atoms with Crippen molar-refractivity contribution in [1.29, 1.82) is 5.26 Å². The Morgan fingerprint density at radius 3 is 2.72 bits per heavy atom. The molecule has 0 aliphatic rings. The molecule has 0 unspecified atom stereocenters. The number of nitrogens with zero attached hydrogens (tertiary/aromatic N) is 2. The predicted molar refractivity (Wildman–Crippen MR) is 69.5 cm³/mol. The number of hydrogen-bond donors (Lipinski definition) is 2. The standard InChI is InChI=1S/C11H16N4O2S/c1-2-18(16,17)15-7-3-6-13-11-5-4-10(8-12)14-9-11/h4-5,9,13,15H,2-3,6-7H2,1H3. The maximum Gasteiger partial charge on any atom is 0.211 e. The first-order valence-electron chi connectivity index (χ1n) is 5.65. The first-order valence-corrected chi connectivity index (χ1v) is 7.30. The number of aromatic nitrogens is 1. The second-order valence-electron chi connectivity index (χ2n) is 3.62. The van der Waals surface area contributed by atoms with Crippen molar-refractivity contribution in [2.24, 2.45) is 0 Å². The highest BCUT2D eigenvalue weighted by Gasteiger charge is 2.04. The average molecular weight is 268 g/mol. The van der Waals surface area contributed by atoms with Crippen LogP contribution >= 0.6 is 0 Å². The Morgan fingerprint density at radius 2 is 2.17 bits per heavy atom. The van der Waals surface area contributed by atoms with Gasteiger partial charge in [-0.15, -0.1) is 0 Å². The van der Waals surface area contributed by atoms with E-state index in [1.165, 1.54) is 0 Å². The number of rotatable bonds is 7. The molecule has 0 spiro atoms. The lowest BCUT2D eigenvalue weighted by molar-refractivity contribution is 0.581. The number of anilines is 1. The lowest BCUT2D eigenvalue weighted by Crippen LogP contribution is -2.27. The highest BCUT2D eigenvalue weighted by Crippen LogP contribution is 2.04. The van der Waals surface area contributed by atoms with Gasteiger partial charge in [0.05, 0.1) is 17.6 Å². The monoisotopic (exact) mass is 268 g/mol. The van der Waals surface area contributed by atoms with Gasteiger partial charge in [-0.05, 0) is 25.5 Å². The number of nitrogens with one attached hydrogen (secondary N) is 2. The van der Waals surface area contributed by atoms with Gasteiger partial charge in [-0.25, -0.2) is 18.1 Å². The van der Waals surface area contributed by atoms with Gasteiger partial charge in [0, 0.05) is 13.1 Å². The summed E-state index contributed by atoms with van der Waals surface area (Å²) in [7, 11) is -3.10. The number of nitriles is 1. The van der Waals surface area contributed by atoms with Crippen LogP contribution in [0.25, 0.3) is 0 Å². The van der Waals surface area contributed by atoms with Gasteiger partial charge in [-0.1, -0.05) is 0 Å². The van der Waals surface area contributed by atoms with Crippen molar-refractivity contribution in [2.75, 3.05) is 24.2 Å². The summed E-state index contributed by atoms with van der Waals surface area (Å²) >= 11 is 0. The second kappa shape index (κ2) is 6.93. The van der Waals surface area contributed by atoms with Crippen molar-refractivity contribution in [1.82, 2.24) is 9.71 Å². The van der Waals surface area contributed by atoms with E-state index in [9.17, 15) is 8.42 Å². The molecule has 0 aromatic carbocycles. The van der Waals surface area contributed by atoms with Crippen LogP contribution in [-0.4, -0.2) is 32.2 Å². The molecule has 98 valence electrons. The molecule has 1 rings (SSSR count). The Bertz CT molecular complexity index is 505. The van der Waals surface area contributed by atoms with Gasteiger partial charge in [0.15, 0.2) is 0 Å². The molecular formula is C11H16N4O2S.